The fraction of sp³-hybridized carbons (Fsp3) is 0.875. The van der Waals surface area contributed by atoms with Gasteiger partial charge in [-0.3, -0.25) is 9.59 Å². The molecule has 0 aromatic rings. The molecule has 22 heavy (non-hydrogen) atoms. The summed E-state index contributed by atoms with van der Waals surface area (Å²) in [4.78, 5) is 20.6. The van der Waals surface area contributed by atoms with Crippen LogP contribution in [-0.2, 0) is 9.59 Å². The number of carbonyl (C=O) groups is 2. The maximum Gasteiger partial charge on any atom is 0.303 e. The summed E-state index contributed by atoms with van der Waals surface area (Å²) in [5.74, 6) is -0.145. The largest absolute Gasteiger partial charge is 0.481 e. The van der Waals surface area contributed by atoms with Crippen LogP contribution in [0.4, 0.5) is 0 Å². The van der Waals surface area contributed by atoms with Crippen molar-refractivity contribution in [2.24, 2.45) is 35.1 Å². The summed E-state index contributed by atoms with van der Waals surface area (Å²) in [5.41, 5.74) is 10.8. The molecule has 0 rings (SSSR count). The van der Waals surface area contributed by atoms with Gasteiger partial charge in [-0.05, 0) is 49.6 Å². The molecule has 6 nitrogen and oxygen atoms in total. The molecular weight excluding hydrogens is 284 g/mol. The SMILES string of the molecule is CC(C)CC(CN)CC(=O)O.CC(C)C[C@@H](CN)CC(=O)O. The van der Waals surface area contributed by atoms with Crippen LogP contribution in [0.25, 0.3) is 0 Å². The first-order chi connectivity index (χ1) is 10.1. The predicted molar refractivity (Wildman–Crippen MR) is 88.5 cm³/mol. The number of carboxylic acids is 2. The van der Waals surface area contributed by atoms with Gasteiger partial charge in [0.2, 0.25) is 0 Å². The normalized spacial score (nSPS) is 13.5. The highest BCUT2D eigenvalue weighted by Gasteiger charge is 2.13. The topological polar surface area (TPSA) is 127 Å². The number of hydrogen-bond donors (Lipinski definition) is 4. The van der Waals surface area contributed by atoms with Crippen molar-refractivity contribution in [1.29, 1.82) is 0 Å². The van der Waals surface area contributed by atoms with Crippen molar-refractivity contribution < 1.29 is 19.8 Å². The molecular formula is C16H34N2O4. The van der Waals surface area contributed by atoms with E-state index in [1.807, 2.05) is 0 Å². The lowest BCUT2D eigenvalue weighted by atomic mass is 9.94. The van der Waals surface area contributed by atoms with Crippen molar-refractivity contribution in [2.75, 3.05) is 13.1 Å². The quantitative estimate of drug-likeness (QED) is 0.489. The molecule has 1 unspecified atom stereocenters. The summed E-state index contributed by atoms with van der Waals surface area (Å²) in [6, 6.07) is 0. The van der Waals surface area contributed by atoms with Gasteiger partial charge in [-0.25, -0.2) is 0 Å². The Bertz CT molecular complexity index is 277. The molecule has 0 aromatic carbocycles. The predicted octanol–water partition coefficient (Wildman–Crippen LogP) is 2.16. The van der Waals surface area contributed by atoms with Crippen LogP contribution < -0.4 is 11.5 Å². The van der Waals surface area contributed by atoms with E-state index in [0.29, 0.717) is 24.9 Å². The van der Waals surface area contributed by atoms with E-state index in [4.69, 9.17) is 21.7 Å². The molecule has 6 N–H and O–H groups in total. The molecule has 0 spiro atoms. The van der Waals surface area contributed by atoms with E-state index in [1.54, 1.807) is 0 Å². The zero-order chi connectivity index (χ0) is 17.7. The Balaban J connectivity index is 0. The summed E-state index contributed by atoms with van der Waals surface area (Å²) in [6.07, 6.45) is 2.22. The highest BCUT2D eigenvalue weighted by atomic mass is 16.4. The Morgan fingerprint density at radius 3 is 1.18 bits per heavy atom. The molecule has 0 radical (unpaired) electrons. The molecule has 0 saturated carbocycles. The van der Waals surface area contributed by atoms with Crippen molar-refractivity contribution in [1.82, 2.24) is 0 Å². The number of nitrogens with two attached hydrogens (primary N) is 2. The van der Waals surface area contributed by atoms with Crippen LogP contribution in [0.1, 0.15) is 53.4 Å². The van der Waals surface area contributed by atoms with Crippen molar-refractivity contribution in [2.45, 2.75) is 53.4 Å². The third-order valence-corrected chi connectivity index (χ3v) is 3.20. The summed E-state index contributed by atoms with van der Waals surface area (Å²) < 4.78 is 0. The van der Waals surface area contributed by atoms with Gasteiger partial charge in [0.25, 0.3) is 0 Å². The van der Waals surface area contributed by atoms with Crippen molar-refractivity contribution in [3.05, 3.63) is 0 Å². The van der Waals surface area contributed by atoms with Gasteiger partial charge in [-0.2, -0.15) is 0 Å². The van der Waals surface area contributed by atoms with Crippen molar-refractivity contribution in [3.63, 3.8) is 0 Å². The van der Waals surface area contributed by atoms with Gasteiger partial charge in [0.05, 0.1) is 0 Å². The number of rotatable bonds is 10. The minimum atomic E-state index is -0.749. The lowest BCUT2D eigenvalue weighted by molar-refractivity contribution is -0.139. The first kappa shape index (κ1) is 23.1. The third kappa shape index (κ3) is 16.9. The van der Waals surface area contributed by atoms with Gasteiger partial charge in [0.15, 0.2) is 0 Å². The first-order valence-corrected chi connectivity index (χ1v) is 7.95. The Kier molecular flexibility index (Phi) is 14.2. The van der Waals surface area contributed by atoms with Crippen LogP contribution >= 0.6 is 0 Å². The van der Waals surface area contributed by atoms with E-state index in [2.05, 4.69) is 27.7 Å². The van der Waals surface area contributed by atoms with Gasteiger partial charge in [-0.15, -0.1) is 0 Å². The average molecular weight is 318 g/mol. The fourth-order valence-corrected chi connectivity index (χ4v) is 2.35. The monoisotopic (exact) mass is 318 g/mol. The van der Waals surface area contributed by atoms with Crippen LogP contribution in [0, 0.1) is 23.7 Å². The standard InChI is InChI=1S/2C8H17NO2/c2*1-6(2)3-7(5-9)4-8(10)11/h2*6-7H,3-5,9H2,1-2H3,(H,10,11)/t7-;/m1./s1. The molecule has 0 aromatic heterocycles. The van der Waals surface area contributed by atoms with Crippen LogP contribution in [-0.4, -0.2) is 35.2 Å². The smallest absolute Gasteiger partial charge is 0.303 e. The maximum atomic E-state index is 10.3. The highest BCUT2D eigenvalue weighted by molar-refractivity contribution is 5.67. The van der Waals surface area contributed by atoms with Crippen LogP contribution in [0.2, 0.25) is 0 Å². The summed E-state index contributed by atoms with van der Waals surface area (Å²) in [6.45, 7) is 9.25. The Hall–Kier alpha value is -1.14. The molecule has 0 aliphatic rings. The van der Waals surface area contributed by atoms with Crippen molar-refractivity contribution >= 4 is 11.9 Å². The van der Waals surface area contributed by atoms with Crippen LogP contribution in [0.5, 0.6) is 0 Å². The highest BCUT2D eigenvalue weighted by Crippen LogP contribution is 2.14. The Morgan fingerprint density at radius 2 is 1.05 bits per heavy atom. The second-order valence-corrected chi connectivity index (χ2v) is 6.66. The van der Waals surface area contributed by atoms with Gasteiger partial charge in [-0.1, -0.05) is 27.7 Å². The zero-order valence-electron chi connectivity index (χ0n) is 14.4. The molecule has 0 aliphatic heterocycles. The molecule has 0 fully saturated rings. The van der Waals surface area contributed by atoms with Crippen LogP contribution in [0.15, 0.2) is 0 Å². The lowest BCUT2D eigenvalue weighted by Crippen LogP contribution is -2.19. The lowest BCUT2D eigenvalue weighted by Gasteiger charge is -2.13. The average Bonchev–Trinajstić information content (AvgIpc) is 2.35. The summed E-state index contributed by atoms with van der Waals surface area (Å²) >= 11 is 0. The Labute approximate surface area is 134 Å². The number of carboxylic acid groups (broad SMARTS) is 2. The fourth-order valence-electron chi connectivity index (χ4n) is 2.35. The van der Waals surface area contributed by atoms with Gasteiger partial charge in [0.1, 0.15) is 0 Å². The first-order valence-electron chi connectivity index (χ1n) is 7.95. The summed E-state index contributed by atoms with van der Waals surface area (Å²) in [5, 5.41) is 16.9. The molecule has 0 bridgehead atoms. The van der Waals surface area contributed by atoms with Crippen LogP contribution in [0.3, 0.4) is 0 Å². The second-order valence-electron chi connectivity index (χ2n) is 6.66. The van der Waals surface area contributed by atoms with Gasteiger partial charge in [0, 0.05) is 12.8 Å². The molecule has 0 aliphatic carbocycles. The molecule has 0 heterocycles. The minimum absolute atomic E-state index is 0.146. The number of aliphatic carboxylic acids is 2. The number of hydrogen-bond acceptors (Lipinski definition) is 4. The molecule has 2 atom stereocenters. The van der Waals surface area contributed by atoms with E-state index >= 15 is 0 Å². The third-order valence-electron chi connectivity index (χ3n) is 3.20. The van der Waals surface area contributed by atoms with Gasteiger partial charge >= 0.3 is 11.9 Å². The molecule has 6 heteroatoms. The minimum Gasteiger partial charge on any atom is -0.481 e. The van der Waals surface area contributed by atoms with E-state index in [0.717, 1.165) is 12.8 Å². The second kappa shape index (κ2) is 13.5. The molecule has 132 valence electrons. The maximum absolute atomic E-state index is 10.3. The summed E-state index contributed by atoms with van der Waals surface area (Å²) in [7, 11) is 0. The van der Waals surface area contributed by atoms with Crippen molar-refractivity contribution in [3.8, 4) is 0 Å². The zero-order valence-corrected chi connectivity index (χ0v) is 14.4. The van der Waals surface area contributed by atoms with Gasteiger partial charge < -0.3 is 21.7 Å². The molecule has 0 amide bonds. The van der Waals surface area contributed by atoms with E-state index < -0.39 is 11.9 Å². The Morgan fingerprint density at radius 1 is 0.773 bits per heavy atom. The van der Waals surface area contributed by atoms with E-state index in [-0.39, 0.29) is 24.7 Å². The van der Waals surface area contributed by atoms with E-state index in [1.165, 1.54) is 0 Å². The molecule has 0 saturated heterocycles. The van der Waals surface area contributed by atoms with E-state index in [9.17, 15) is 9.59 Å².